The Bertz CT molecular complexity index is 488. The molecule has 134 valence electrons. The molecule has 0 aliphatic carbocycles. The first-order valence-corrected chi connectivity index (χ1v) is 8.94. The maximum atomic E-state index is 12.1. The molecule has 1 aromatic rings. The van der Waals surface area contributed by atoms with Crippen molar-refractivity contribution in [2.24, 2.45) is 5.92 Å². The number of carbonyl (C=O) groups is 1. The third kappa shape index (κ3) is 6.67. The molecule has 1 aliphatic heterocycles. The third-order valence-electron chi connectivity index (χ3n) is 4.27. The van der Waals surface area contributed by atoms with Crippen LogP contribution < -0.4 is 10.1 Å². The van der Waals surface area contributed by atoms with Crippen LogP contribution in [0.5, 0.6) is 5.75 Å². The molecule has 2 rings (SSSR count). The van der Waals surface area contributed by atoms with E-state index in [4.69, 9.17) is 21.1 Å². The number of hydrogen-bond donors (Lipinski definition) is 1. The van der Waals surface area contributed by atoms with Crippen molar-refractivity contribution in [1.82, 2.24) is 10.2 Å². The Kier molecular flexibility index (Phi) is 8.36. The Labute approximate surface area is 149 Å². The van der Waals surface area contributed by atoms with Gasteiger partial charge in [-0.05, 0) is 56.6 Å². The first-order chi connectivity index (χ1) is 11.7. The van der Waals surface area contributed by atoms with E-state index in [2.05, 4.69) is 10.2 Å². The van der Waals surface area contributed by atoms with Crippen LogP contribution in [0.1, 0.15) is 19.3 Å². The number of nitrogens with one attached hydrogen (secondary N) is 1. The fourth-order valence-electron chi connectivity index (χ4n) is 2.81. The second-order valence-corrected chi connectivity index (χ2v) is 6.49. The lowest BCUT2D eigenvalue weighted by atomic mass is 9.96. The van der Waals surface area contributed by atoms with Crippen molar-refractivity contribution in [3.8, 4) is 5.75 Å². The van der Waals surface area contributed by atoms with E-state index >= 15 is 0 Å². The fourth-order valence-corrected chi connectivity index (χ4v) is 2.94. The normalized spacial score (nSPS) is 16.1. The number of methoxy groups -OCH3 is 1. The van der Waals surface area contributed by atoms with Crippen LogP contribution >= 0.6 is 11.6 Å². The molecule has 0 bridgehead atoms. The van der Waals surface area contributed by atoms with Crippen LogP contribution in [0.2, 0.25) is 5.02 Å². The van der Waals surface area contributed by atoms with E-state index in [-0.39, 0.29) is 11.8 Å². The minimum atomic E-state index is 0.140. The maximum absolute atomic E-state index is 12.1. The molecule has 1 heterocycles. The largest absolute Gasteiger partial charge is 0.492 e. The molecule has 0 saturated carbocycles. The molecule has 0 atom stereocenters. The summed E-state index contributed by atoms with van der Waals surface area (Å²) in [6.45, 7) is 4.80. The highest BCUT2D eigenvalue weighted by Crippen LogP contribution is 2.18. The number of amides is 1. The molecular formula is C18H27ClN2O3. The zero-order chi connectivity index (χ0) is 17.2. The third-order valence-corrected chi connectivity index (χ3v) is 4.52. The summed E-state index contributed by atoms with van der Waals surface area (Å²) in [5.74, 6) is 1.16. The number of hydrogen-bond acceptors (Lipinski definition) is 4. The van der Waals surface area contributed by atoms with Crippen LogP contribution in [0.3, 0.4) is 0 Å². The van der Waals surface area contributed by atoms with Gasteiger partial charge in [0.1, 0.15) is 12.4 Å². The predicted octanol–water partition coefficient (Wildman–Crippen LogP) is 2.58. The summed E-state index contributed by atoms with van der Waals surface area (Å²) in [4.78, 5) is 14.4. The summed E-state index contributed by atoms with van der Waals surface area (Å²) in [7, 11) is 1.67. The van der Waals surface area contributed by atoms with Gasteiger partial charge in [-0.25, -0.2) is 0 Å². The molecule has 0 unspecified atom stereocenters. The smallest absolute Gasteiger partial charge is 0.223 e. The van der Waals surface area contributed by atoms with Crippen molar-refractivity contribution >= 4 is 17.5 Å². The Hall–Kier alpha value is -1.30. The van der Waals surface area contributed by atoms with E-state index in [1.165, 1.54) is 0 Å². The number of carbonyl (C=O) groups excluding carboxylic acids is 1. The van der Waals surface area contributed by atoms with Crippen LogP contribution in [0, 0.1) is 5.92 Å². The molecule has 0 aromatic heterocycles. The highest BCUT2D eigenvalue weighted by atomic mass is 35.5. The Morgan fingerprint density at radius 3 is 2.62 bits per heavy atom. The van der Waals surface area contributed by atoms with E-state index in [0.29, 0.717) is 24.8 Å². The molecule has 1 amide bonds. The SMILES string of the molecule is COCCCNC(=O)C1CCN(CCOc2ccc(Cl)cc2)CC1. The minimum Gasteiger partial charge on any atom is -0.492 e. The monoisotopic (exact) mass is 354 g/mol. The zero-order valence-electron chi connectivity index (χ0n) is 14.3. The Morgan fingerprint density at radius 2 is 1.96 bits per heavy atom. The van der Waals surface area contributed by atoms with Crippen LogP contribution in [0.25, 0.3) is 0 Å². The van der Waals surface area contributed by atoms with E-state index in [0.717, 1.165) is 44.6 Å². The van der Waals surface area contributed by atoms with Gasteiger partial charge in [0.05, 0.1) is 0 Å². The average molecular weight is 355 g/mol. The molecule has 5 nitrogen and oxygen atoms in total. The van der Waals surface area contributed by atoms with Gasteiger partial charge in [-0.15, -0.1) is 0 Å². The van der Waals surface area contributed by atoms with Crippen molar-refractivity contribution in [2.45, 2.75) is 19.3 Å². The number of benzene rings is 1. The van der Waals surface area contributed by atoms with Crippen molar-refractivity contribution in [3.63, 3.8) is 0 Å². The van der Waals surface area contributed by atoms with Crippen LogP contribution in [-0.4, -0.2) is 57.3 Å². The van der Waals surface area contributed by atoms with Gasteiger partial charge < -0.3 is 14.8 Å². The average Bonchev–Trinajstić information content (AvgIpc) is 2.61. The number of rotatable bonds is 9. The maximum Gasteiger partial charge on any atom is 0.223 e. The number of halogens is 1. The van der Waals surface area contributed by atoms with E-state index in [1.807, 2.05) is 24.3 Å². The Morgan fingerprint density at radius 1 is 1.25 bits per heavy atom. The summed E-state index contributed by atoms with van der Waals surface area (Å²) in [6, 6.07) is 7.41. The lowest BCUT2D eigenvalue weighted by molar-refractivity contribution is -0.126. The van der Waals surface area contributed by atoms with Crippen molar-refractivity contribution in [1.29, 1.82) is 0 Å². The van der Waals surface area contributed by atoms with Crippen LogP contribution in [0.4, 0.5) is 0 Å². The first-order valence-electron chi connectivity index (χ1n) is 8.56. The van der Waals surface area contributed by atoms with Crippen molar-refractivity contribution in [2.75, 3.05) is 46.5 Å². The van der Waals surface area contributed by atoms with Gasteiger partial charge in [-0.2, -0.15) is 0 Å². The van der Waals surface area contributed by atoms with Gasteiger partial charge in [0.25, 0.3) is 0 Å². The molecule has 0 radical (unpaired) electrons. The highest BCUT2D eigenvalue weighted by Gasteiger charge is 2.24. The summed E-state index contributed by atoms with van der Waals surface area (Å²) in [5.41, 5.74) is 0. The van der Waals surface area contributed by atoms with Gasteiger partial charge in [0.2, 0.25) is 5.91 Å². The molecule has 0 spiro atoms. The van der Waals surface area contributed by atoms with Crippen molar-refractivity contribution in [3.05, 3.63) is 29.3 Å². The predicted molar refractivity (Wildman–Crippen MR) is 95.6 cm³/mol. The van der Waals surface area contributed by atoms with Crippen LogP contribution in [0.15, 0.2) is 24.3 Å². The van der Waals surface area contributed by atoms with Gasteiger partial charge in [-0.3, -0.25) is 9.69 Å². The fraction of sp³-hybridized carbons (Fsp3) is 0.611. The van der Waals surface area contributed by atoms with Gasteiger partial charge in [0.15, 0.2) is 0 Å². The molecule has 1 saturated heterocycles. The summed E-state index contributed by atoms with van der Waals surface area (Å²) in [6.07, 6.45) is 2.69. The van der Waals surface area contributed by atoms with E-state index in [1.54, 1.807) is 7.11 Å². The van der Waals surface area contributed by atoms with Crippen LogP contribution in [-0.2, 0) is 9.53 Å². The van der Waals surface area contributed by atoms with E-state index in [9.17, 15) is 4.79 Å². The highest BCUT2D eigenvalue weighted by molar-refractivity contribution is 6.30. The number of likely N-dealkylation sites (tertiary alicyclic amines) is 1. The van der Waals surface area contributed by atoms with Gasteiger partial charge in [-0.1, -0.05) is 11.6 Å². The van der Waals surface area contributed by atoms with E-state index < -0.39 is 0 Å². The lowest BCUT2D eigenvalue weighted by Crippen LogP contribution is -2.42. The minimum absolute atomic E-state index is 0.140. The Balaban J connectivity index is 1.58. The summed E-state index contributed by atoms with van der Waals surface area (Å²) >= 11 is 5.85. The first kappa shape index (κ1) is 19.0. The number of nitrogens with zero attached hydrogens (tertiary/aromatic N) is 1. The summed E-state index contributed by atoms with van der Waals surface area (Å²) in [5, 5.41) is 3.71. The second-order valence-electron chi connectivity index (χ2n) is 6.06. The molecule has 1 N–H and O–H groups in total. The van der Waals surface area contributed by atoms with Gasteiger partial charge >= 0.3 is 0 Å². The molecule has 1 aliphatic rings. The molecule has 1 fully saturated rings. The molecule has 6 heteroatoms. The topological polar surface area (TPSA) is 50.8 Å². The molecule has 24 heavy (non-hydrogen) atoms. The lowest BCUT2D eigenvalue weighted by Gasteiger charge is -2.31. The number of piperidine rings is 1. The van der Waals surface area contributed by atoms with Gasteiger partial charge in [0, 0.05) is 37.7 Å². The molecule has 1 aromatic carbocycles. The zero-order valence-corrected chi connectivity index (χ0v) is 15.1. The standard InChI is InChI=1S/C18H27ClN2O3/c1-23-13-2-9-20-18(22)15-7-10-21(11-8-15)12-14-24-17-5-3-16(19)4-6-17/h3-6,15H,2,7-14H2,1H3,(H,20,22). The molecular weight excluding hydrogens is 328 g/mol. The second kappa shape index (κ2) is 10.5. The number of ether oxygens (including phenoxy) is 2. The summed E-state index contributed by atoms with van der Waals surface area (Å²) < 4.78 is 10.7. The quantitative estimate of drug-likeness (QED) is 0.692. The van der Waals surface area contributed by atoms with Crippen molar-refractivity contribution < 1.29 is 14.3 Å².